The fourth-order valence-electron chi connectivity index (χ4n) is 4.10. The predicted octanol–water partition coefficient (Wildman–Crippen LogP) is 4.30. The molecule has 0 saturated carbocycles. The molecule has 1 fully saturated rings. The average molecular weight is 506 g/mol. The molecule has 36 heavy (non-hydrogen) atoms. The van der Waals surface area contributed by atoms with Crippen molar-refractivity contribution in [1.82, 2.24) is 14.5 Å². The zero-order chi connectivity index (χ0) is 25.1. The van der Waals surface area contributed by atoms with Crippen molar-refractivity contribution in [1.29, 1.82) is 0 Å². The summed E-state index contributed by atoms with van der Waals surface area (Å²) in [6.07, 6.45) is 0. The Hall–Kier alpha value is -3.69. The second-order valence-corrected chi connectivity index (χ2v) is 9.23. The molecule has 3 aromatic carbocycles. The standard InChI is InChI=1S/C27H24FN3O4S/c1-34-22-7-2-4-18(14-22)17-36-27-29-24-15-19(25(32)30-10-12-35-13-11-30)8-9-23(24)26(33)31(27)21-6-3-5-20(28)16-21/h2-9,14-16H,10-13,17H2,1H3. The molecule has 184 valence electrons. The SMILES string of the molecule is COc1cccc(CSc2nc3cc(C(=O)N4CCOCC4)ccc3c(=O)n2-c2cccc(F)c2)c1. The van der Waals surface area contributed by atoms with E-state index < -0.39 is 5.82 Å². The van der Waals surface area contributed by atoms with Crippen LogP contribution in [0.4, 0.5) is 4.39 Å². The monoisotopic (exact) mass is 505 g/mol. The van der Waals surface area contributed by atoms with Crippen molar-refractivity contribution in [3.05, 3.63) is 94.0 Å². The Balaban J connectivity index is 1.58. The Kier molecular flexibility index (Phi) is 7.02. The Morgan fingerprint density at radius 3 is 2.67 bits per heavy atom. The molecule has 1 aliphatic heterocycles. The number of carbonyl (C=O) groups is 1. The molecule has 0 radical (unpaired) electrons. The summed E-state index contributed by atoms with van der Waals surface area (Å²) in [6.45, 7) is 2.04. The highest BCUT2D eigenvalue weighted by Gasteiger charge is 2.21. The minimum Gasteiger partial charge on any atom is -0.497 e. The molecule has 1 saturated heterocycles. The van der Waals surface area contributed by atoms with Gasteiger partial charge in [0, 0.05) is 24.4 Å². The van der Waals surface area contributed by atoms with Crippen LogP contribution in [-0.4, -0.2) is 53.8 Å². The molecule has 0 aliphatic carbocycles. The van der Waals surface area contributed by atoms with Crippen LogP contribution in [0.25, 0.3) is 16.6 Å². The number of halogens is 1. The molecule has 9 heteroatoms. The Labute approximate surface area is 211 Å². The Morgan fingerprint density at radius 1 is 1.08 bits per heavy atom. The van der Waals surface area contributed by atoms with E-state index in [0.29, 0.717) is 59.4 Å². The van der Waals surface area contributed by atoms with Gasteiger partial charge in [-0.15, -0.1) is 0 Å². The van der Waals surface area contributed by atoms with E-state index in [1.807, 2.05) is 24.3 Å². The lowest BCUT2D eigenvalue weighted by atomic mass is 10.1. The molecule has 1 aliphatic rings. The third-order valence-corrected chi connectivity index (χ3v) is 6.96. The molecule has 1 aromatic heterocycles. The zero-order valence-electron chi connectivity index (χ0n) is 19.6. The maximum Gasteiger partial charge on any atom is 0.266 e. The zero-order valence-corrected chi connectivity index (χ0v) is 20.5. The van der Waals surface area contributed by atoms with Gasteiger partial charge < -0.3 is 14.4 Å². The number of fused-ring (bicyclic) bond motifs is 1. The highest BCUT2D eigenvalue weighted by atomic mass is 32.2. The number of methoxy groups -OCH3 is 1. The van der Waals surface area contributed by atoms with Gasteiger partial charge in [0.25, 0.3) is 11.5 Å². The molecule has 2 heterocycles. The highest BCUT2D eigenvalue weighted by Crippen LogP contribution is 2.27. The summed E-state index contributed by atoms with van der Waals surface area (Å²) in [7, 11) is 1.61. The number of ether oxygens (including phenoxy) is 2. The molecular formula is C27H24FN3O4S. The van der Waals surface area contributed by atoms with E-state index in [2.05, 4.69) is 0 Å². The van der Waals surface area contributed by atoms with Crippen molar-refractivity contribution in [2.45, 2.75) is 10.9 Å². The number of aromatic nitrogens is 2. The number of rotatable bonds is 6. The van der Waals surface area contributed by atoms with Crippen LogP contribution in [0.5, 0.6) is 5.75 Å². The number of carbonyl (C=O) groups excluding carboxylic acids is 1. The van der Waals surface area contributed by atoms with E-state index in [1.165, 1.54) is 28.5 Å². The van der Waals surface area contributed by atoms with Gasteiger partial charge in [0.2, 0.25) is 0 Å². The molecule has 0 N–H and O–H groups in total. The molecule has 1 amide bonds. The first-order chi connectivity index (χ1) is 17.5. The summed E-state index contributed by atoms with van der Waals surface area (Å²) in [5, 5.41) is 0.750. The molecule has 0 spiro atoms. The minimum absolute atomic E-state index is 0.123. The van der Waals surface area contributed by atoms with Crippen LogP contribution >= 0.6 is 11.8 Å². The third kappa shape index (κ3) is 4.98. The summed E-state index contributed by atoms with van der Waals surface area (Å²) in [6, 6.07) is 18.4. The van der Waals surface area contributed by atoms with Crippen molar-refractivity contribution in [3.8, 4) is 11.4 Å². The molecule has 0 atom stereocenters. The first kappa shape index (κ1) is 24.0. The lowest BCUT2D eigenvalue weighted by Gasteiger charge is -2.26. The van der Waals surface area contributed by atoms with Gasteiger partial charge in [0.05, 0.1) is 36.9 Å². The largest absolute Gasteiger partial charge is 0.497 e. The van der Waals surface area contributed by atoms with Crippen LogP contribution in [-0.2, 0) is 10.5 Å². The van der Waals surface area contributed by atoms with Gasteiger partial charge in [-0.1, -0.05) is 30.0 Å². The predicted molar refractivity (Wildman–Crippen MR) is 137 cm³/mol. The summed E-state index contributed by atoms with van der Waals surface area (Å²) < 4.78 is 26.1. The average Bonchev–Trinajstić information content (AvgIpc) is 2.92. The molecule has 0 unspecified atom stereocenters. The molecular weight excluding hydrogens is 481 g/mol. The smallest absolute Gasteiger partial charge is 0.266 e. The molecule has 7 nitrogen and oxygen atoms in total. The number of hydrogen-bond acceptors (Lipinski definition) is 6. The van der Waals surface area contributed by atoms with Crippen molar-refractivity contribution in [2.24, 2.45) is 0 Å². The van der Waals surface area contributed by atoms with E-state index in [0.717, 1.165) is 11.3 Å². The van der Waals surface area contributed by atoms with Gasteiger partial charge in [-0.2, -0.15) is 0 Å². The van der Waals surface area contributed by atoms with E-state index in [1.54, 1.807) is 42.3 Å². The summed E-state index contributed by atoms with van der Waals surface area (Å²) in [4.78, 5) is 33.1. The fraction of sp³-hybridized carbons (Fsp3) is 0.222. The number of hydrogen-bond donors (Lipinski definition) is 0. The van der Waals surface area contributed by atoms with Crippen LogP contribution in [0.3, 0.4) is 0 Å². The lowest BCUT2D eigenvalue weighted by molar-refractivity contribution is 0.0303. The maximum absolute atomic E-state index is 14.1. The molecule has 4 aromatic rings. The second kappa shape index (κ2) is 10.5. The van der Waals surface area contributed by atoms with Gasteiger partial charge in [-0.25, -0.2) is 9.37 Å². The van der Waals surface area contributed by atoms with Crippen LogP contribution < -0.4 is 10.3 Å². The lowest BCUT2D eigenvalue weighted by Crippen LogP contribution is -2.40. The summed E-state index contributed by atoms with van der Waals surface area (Å²) in [5.74, 6) is 0.668. The number of benzene rings is 3. The molecule has 5 rings (SSSR count). The van der Waals surface area contributed by atoms with Gasteiger partial charge in [-0.3, -0.25) is 14.2 Å². The first-order valence-corrected chi connectivity index (χ1v) is 12.5. The molecule has 0 bridgehead atoms. The van der Waals surface area contributed by atoms with E-state index in [4.69, 9.17) is 14.5 Å². The number of nitrogens with zero attached hydrogens (tertiary/aromatic N) is 3. The van der Waals surface area contributed by atoms with Crippen molar-refractivity contribution >= 4 is 28.6 Å². The van der Waals surface area contributed by atoms with Gasteiger partial charge in [-0.05, 0) is 54.1 Å². The summed E-state index contributed by atoms with van der Waals surface area (Å²) >= 11 is 1.35. The van der Waals surface area contributed by atoms with E-state index >= 15 is 0 Å². The van der Waals surface area contributed by atoms with Crippen LogP contribution in [0, 0.1) is 5.82 Å². The van der Waals surface area contributed by atoms with Crippen molar-refractivity contribution < 1.29 is 18.7 Å². The summed E-state index contributed by atoms with van der Waals surface area (Å²) in [5.41, 5.74) is 1.92. The van der Waals surface area contributed by atoms with Crippen molar-refractivity contribution in [2.75, 3.05) is 33.4 Å². The van der Waals surface area contributed by atoms with Gasteiger partial charge in [0.15, 0.2) is 5.16 Å². The van der Waals surface area contributed by atoms with Gasteiger partial charge in [0.1, 0.15) is 11.6 Å². The third-order valence-electron chi connectivity index (χ3n) is 5.95. The number of morpholine rings is 1. The van der Waals surface area contributed by atoms with Crippen molar-refractivity contribution in [3.63, 3.8) is 0 Å². The Bertz CT molecular complexity index is 1480. The first-order valence-electron chi connectivity index (χ1n) is 11.5. The quantitative estimate of drug-likeness (QED) is 0.287. The Morgan fingerprint density at radius 2 is 1.89 bits per heavy atom. The maximum atomic E-state index is 14.1. The fourth-order valence-corrected chi connectivity index (χ4v) is 5.05. The van der Waals surface area contributed by atoms with E-state index in [9.17, 15) is 14.0 Å². The minimum atomic E-state index is -0.449. The highest BCUT2D eigenvalue weighted by molar-refractivity contribution is 7.98. The van der Waals surface area contributed by atoms with Crippen LogP contribution in [0.2, 0.25) is 0 Å². The normalized spacial score (nSPS) is 13.7. The van der Waals surface area contributed by atoms with Crippen LogP contribution in [0.1, 0.15) is 15.9 Å². The van der Waals surface area contributed by atoms with E-state index in [-0.39, 0.29) is 11.5 Å². The van der Waals surface area contributed by atoms with Crippen LogP contribution in [0.15, 0.2) is 76.7 Å². The second-order valence-electron chi connectivity index (χ2n) is 8.29. The number of amides is 1. The number of thioether (sulfide) groups is 1. The topological polar surface area (TPSA) is 73.7 Å². The van der Waals surface area contributed by atoms with Gasteiger partial charge >= 0.3 is 0 Å².